The van der Waals surface area contributed by atoms with Crippen molar-refractivity contribution in [3.8, 4) is 0 Å². The summed E-state index contributed by atoms with van der Waals surface area (Å²) in [4.78, 5) is 19.2. The number of thioether (sulfide) groups is 1. The number of carboxylic acid groups (broad SMARTS) is 1. The topological polar surface area (TPSA) is 111 Å². The van der Waals surface area contributed by atoms with Gasteiger partial charge in [0.15, 0.2) is 11.1 Å². The van der Waals surface area contributed by atoms with E-state index in [9.17, 15) is 4.79 Å². The number of oxime groups is 1. The minimum Gasteiger partial charge on any atom is -0.476 e. The van der Waals surface area contributed by atoms with Crippen LogP contribution in [0.5, 0.6) is 0 Å². The zero-order chi connectivity index (χ0) is 11.3. The predicted molar refractivity (Wildman–Crippen MR) is 58.0 cm³/mol. The average Bonchev–Trinajstić information content (AvgIpc) is 2.59. The highest BCUT2D eigenvalue weighted by molar-refractivity contribution is 7.98. The fourth-order valence-corrected chi connectivity index (χ4v) is 1.24. The quantitative estimate of drug-likeness (QED) is 0.332. The molecule has 0 aliphatic heterocycles. The first-order valence-electron chi connectivity index (χ1n) is 3.67. The number of carbonyl (C=O) groups is 1. The van der Waals surface area contributed by atoms with Crippen LogP contribution in [0.3, 0.4) is 0 Å². The van der Waals surface area contributed by atoms with E-state index in [1.54, 1.807) is 6.26 Å². The lowest BCUT2D eigenvalue weighted by molar-refractivity contribution is -0.129. The number of nitrogens with two attached hydrogens (primary N) is 1. The van der Waals surface area contributed by atoms with Crippen LogP contribution in [0.1, 0.15) is 5.82 Å². The molecule has 1 heterocycles. The Balaban J connectivity index is 2.83. The molecule has 0 unspecified atom stereocenters. The van der Waals surface area contributed by atoms with Crippen LogP contribution in [0.4, 0.5) is 5.13 Å². The molecule has 0 atom stereocenters. The van der Waals surface area contributed by atoms with Crippen molar-refractivity contribution in [2.45, 2.75) is 0 Å². The predicted octanol–water partition coefficient (Wildman–Crippen LogP) is 0.246. The summed E-state index contributed by atoms with van der Waals surface area (Å²) in [6, 6.07) is 0. The van der Waals surface area contributed by atoms with Gasteiger partial charge in [-0.2, -0.15) is 9.36 Å². The van der Waals surface area contributed by atoms with Crippen molar-refractivity contribution in [2.75, 3.05) is 17.9 Å². The number of rotatable bonds is 5. The van der Waals surface area contributed by atoms with E-state index in [1.807, 2.05) is 0 Å². The number of hydrogen-bond acceptors (Lipinski definition) is 8. The molecule has 0 amide bonds. The number of carboxylic acids is 1. The van der Waals surface area contributed by atoms with Gasteiger partial charge < -0.3 is 15.7 Å². The highest BCUT2D eigenvalue weighted by atomic mass is 32.2. The number of nitrogens with zero attached hydrogens (tertiary/aromatic N) is 3. The first-order valence-corrected chi connectivity index (χ1v) is 5.83. The van der Waals surface area contributed by atoms with Gasteiger partial charge >= 0.3 is 5.97 Å². The Hall–Kier alpha value is -1.35. The molecule has 0 aliphatic carbocycles. The van der Waals surface area contributed by atoms with E-state index in [1.165, 1.54) is 11.8 Å². The minimum absolute atomic E-state index is 0.0360. The van der Waals surface area contributed by atoms with Gasteiger partial charge in [-0.3, -0.25) is 0 Å². The monoisotopic (exact) mass is 248 g/mol. The van der Waals surface area contributed by atoms with Gasteiger partial charge in [-0.15, -0.1) is 11.8 Å². The normalized spacial score (nSPS) is 11.4. The lowest BCUT2D eigenvalue weighted by Crippen LogP contribution is -2.16. The zero-order valence-electron chi connectivity index (χ0n) is 7.71. The maximum atomic E-state index is 10.8. The van der Waals surface area contributed by atoms with Gasteiger partial charge in [-0.05, 0) is 6.26 Å². The van der Waals surface area contributed by atoms with Gasteiger partial charge in [0, 0.05) is 11.5 Å². The number of nitrogen functional groups attached to an aromatic ring is 1. The second-order valence-corrected chi connectivity index (χ2v) is 3.83. The molecule has 7 nitrogen and oxygen atoms in total. The molecule has 0 bridgehead atoms. The number of hydrogen-bond donors (Lipinski definition) is 2. The van der Waals surface area contributed by atoms with E-state index >= 15 is 0 Å². The molecular weight excluding hydrogens is 240 g/mol. The molecule has 3 N–H and O–H groups in total. The van der Waals surface area contributed by atoms with Crippen molar-refractivity contribution in [2.24, 2.45) is 5.16 Å². The lowest BCUT2D eigenvalue weighted by Gasteiger charge is -1.96. The molecule has 0 radical (unpaired) electrons. The third-order valence-corrected chi connectivity index (χ3v) is 2.07. The summed E-state index contributed by atoms with van der Waals surface area (Å²) in [5.74, 6) is -1.03. The first kappa shape index (κ1) is 11.7. The molecule has 82 valence electrons. The molecule has 0 fully saturated rings. The van der Waals surface area contributed by atoms with Crippen molar-refractivity contribution in [1.29, 1.82) is 0 Å². The summed E-state index contributed by atoms with van der Waals surface area (Å²) in [5, 5.41) is 12.4. The maximum Gasteiger partial charge on any atom is 0.362 e. The molecule has 1 aromatic heterocycles. The molecule has 0 aromatic carbocycles. The van der Waals surface area contributed by atoms with Crippen molar-refractivity contribution in [3.63, 3.8) is 0 Å². The maximum absolute atomic E-state index is 10.8. The van der Waals surface area contributed by atoms with Crippen LogP contribution < -0.4 is 5.73 Å². The summed E-state index contributed by atoms with van der Waals surface area (Å²) in [6.45, 7) is 0. The Bertz CT molecular complexity index is 378. The Kier molecular flexibility index (Phi) is 4.31. The SMILES string of the molecule is CSCON=C(C(=O)O)c1nsc(N)n1. The number of aromatic nitrogens is 2. The summed E-state index contributed by atoms with van der Waals surface area (Å²) in [7, 11) is 0. The van der Waals surface area contributed by atoms with E-state index in [0.717, 1.165) is 11.5 Å². The molecule has 9 heteroatoms. The van der Waals surface area contributed by atoms with E-state index in [-0.39, 0.29) is 22.6 Å². The molecule has 0 saturated carbocycles. The van der Waals surface area contributed by atoms with E-state index in [4.69, 9.17) is 15.7 Å². The van der Waals surface area contributed by atoms with Crippen LogP contribution in [0, 0.1) is 0 Å². The van der Waals surface area contributed by atoms with Crippen LogP contribution in [0.15, 0.2) is 5.16 Å². The van der Waals surface area contributed by atoms with Crippen molar-refractivity contribution in [3.05, 3.63) is 5.82 Å². The van der Waals surface area contributed by atoms with Crippen LogP contribution in [-0.2, 0) is 9.63 Å². The molecule has 15 heavy (non-hydrogen) atoms. The third kappa shape index (κ3) is 3.36. The van der Waals surface area contributed by atoms with Gasteiger partial charge in [0.1, 0.15) is 0 Å². The van der Waals surface area contributed by atoms with Gasteiger partial charge in [0.2, 0.25) is 11.5 Å². The van der Waals surface area contributed by atoms with Crippen LogP contribution in [0.25, 0.3) is 0 Å². The van der Waals surface area contributed by atoms with E-state index in [2.05, 4.69) is 14.5 Å². The highest BCUT2D eigenvalue weighted by Crippen LogP contribution is 2.07. The Morgan fingerprint density at radius 2 is 2.53 bits per heavy atom. The second kappa shape index (κ2) is 5.51. The van der Waals surface area contributed by atoms with Crippen molar-refractivity contribution < 1.29 is 14.7 Å². The average molecular weight is 248 g/mol. The van der Waals surface area contributed by atoms with E-state index in [0.29, 0.717) is 0 Å². The minimum atomic E-state index is -1.26. The fraction of sp³-hybridized carbons (Fsp3) is 0.333. The third-order valence-electron chi connectivity index (χ3n) is 1.18. The Morgan fingerprint density at radius 3 is 3.00 bits per heavy atom. The summed E-state index contributed by atoms with van der Waals surface area (Å²) in [5.41, 5.74) is 4.97. The Morgan fingerprint density at radius 1 is 1.80 bits per heavy atom. The highest BCUT2D eigenvalue weighted by Gasteiger charge is 2.18. The summed E-state index contributed by atoms with van der Waals surface area (Å²) >= 11 is 2.27. The standard InChI is InChI=1S/C6H8N4O3S2/c1-14-2-13-9-3(5(11)12)4-8-6(7)15-10-4/h2H2,1H3,(H,11,12)(H2,7,8,10). The number of anilines is 1. The smallest absolute Gasteiger partial charge is 0.362 e. The van der Waals surface area contributed by atoms with Gasteiger partial charge in [0.25, 0.3) is 0 Å². The van der Waals surface area contributed by atoms with Crippen LogP contribution in [0.2, 0.25) is 0 Å². The fourth-order valence-electron chi connectivity index (χ4n) is 0.651. The van der Waals surface area contributed by atoms with Crippen LogP contribution >= 0.6 is 23.3 Å². The number of aliphatic carboxylic acids is 1. The summed E-state index contributed by atoms with van der Waals surface area (Å²) < 4.78 is 3.72. The Labute approximate surface area is 93.5 Å². The van der Waals surface area contributed by atoms with Gasteiger partial charge in [-0.25, -0.2) is 4.79 Å². The lowest BCUT2D eigenvalue weighted by atomic mass is 10.4. The molecular formula is C6H8N4O3S2. The molecule has 0 spiro atoms. The summed E-state index contributed by atoms with van der Waals surface area (Å²) in [6.07, 6.45) is 1.80. The van der Waals surface area contributed by atoms with Crippen LogP contribution in [-0.4, -0.2) is 38.3 Å². The van der Waals surface area contributed by atoms with Crippen molar-refractivity contribution >= 4 is 40.1 Å². The molecule has 0 saturated heterocycles. The second-order valence-electron chi connectivity index (χ2n) is 2.24. The zero-order valence-corrected chi connectivity index (χ0v) is 9.34. The van der Waals surface area contributed by atoms with Gasteiger partial charge in [-0.1, -0.05) is 5.16 Å². The molecule has 0 aliphatic rings. The van der Waals surface area contributed by atoms with E-state index < -0.39 is 5.97 Å². The van der Waals surface area contributed by atoms with Gasteiger partial charge in [0.05, 0.1) is 0 Å². The molecule has 1 rings (SSSR count). The first-order chi connectivity index (χ1) is 7.15. The molecule has 1 aromatic rings. The van der Waals surface area contributed by atoms with Crippen molar-refractivity contribution in [1.82, 2.24) is 9.36 Å². The largest absolute Gasteiger partial charge is 0.476 e.